The Labute approximate surface area is 262 Å². The monoisotopic (exact) mass is 633 g/mol. The summed E-state index contributed by atoms with van der Waals surface area (Å²) in [7, 11) is 0. The van der Waals surface area contributed by atoms with Gasteiger partial charge < -0.3 is 30.7 Å². The van der Waals surface area contributed by atoms with Crippen LogP contribution in [0.25, 0.3) is 20.8 Å². The third-order valence-electron chi connectivity index (χ3n) is 7.49. The first-order valence-electron chi connectivity index (χ1n) is 14.6. The van der Waals surface area contributed by atoms with Crippen molar-refractivity contribution in [1.82, 2.24) is 30.4 Å². The molecule has 4 N–H and O–H groups in total. The van der Waals surface area contributed by atoms with Crippen molar-refractivity contribution in [3.05, 3.63) is 66.2 Å². The van der Waals surface area contributed by atoms with Crippen LogP contribution in [0.3, 0.4) is 0 Å². The Bertz CT molecular complexity index is 1720. The molecule has 1 aliphatic carbocycles. The average Bonchev–Trinajstić information content (AvgIpc) is 3.67. The van der Waals surface area contributed by atoms with E-state index in [-0.39, 0.29) is 36.4 Å². The zero-order valence-electron chi connectivity index (χ0n) is 24.5. The number of nitrogens with one attached hydrogen (secondary N) is 3. The standard InChI is InChI=1S/C31H32FN7O5S/c1-2-33-31(43)39-15-21(16-39)38(17-28(40)41)14-18-3-7-23(35-13-18)27-12-24-29(45-27)26(9-10-34-24)44-25-8-6-20(11-22(25)32)37-30(42)36-19-4-5-19/h3,6-13,19,21H,2,4-5,14-17H2,1H3,(H,33,43)(H,40,41)(H2,36,37,42). The number of thiophene rings is 1. The van der Waals surface area contributed by atoms with Crippen LogP contribution in [-0.4, -0.2) is 81.2 Å². The largest absolute Gasteiger partial charge is 0.480 e. The second-order valence-corrected chi connectivity index (χ2v) is 12.1. The first-order valence-corrected chi connectivity index (χ1v) is 15.4. The number of rotatable bonds is 11. The SMILES string of the molecule is CCNC(=O)N1CC(N(CC(=O)O)Cc2ccc(-c3cc4nccc(Oc5ccc(NC(=O)NC6CC6)cc5F)c4s3)nc2)C1. The molecule has 1 aliphatic heterocycles. The van der Waals surface area contributed by atoms with Crippen LogP contribution in [0.4, 0.5) is 19.7 Å². The second-order valence-electron chi connectivity index (χ2n) is 11.0. The molecule has 12 nitrogen and oxygen atoms in total. The van der Waals surface area contributed by atoms with E-state index < -0.39 is 11.8 Å². The summed E-state index contributed by atoms with van der Waals surface area (Å²) in [5.74, 6) is -1.10. The minimum absolute atomic E-state index is 0.0135. The molecular formula is C31H32FN7O5S. The van der Waals surface area contributed by atoms with Crippen molar-refractivity contribution in [2.24, 2.45) is 0 Å². The van der Waals surface area contributed by atoms with E-state index in [1.54, 1.807) is 29.4 Å². The van der Waals surface area contributed by atoms with Crippen molar-refractivity contribution in [1.29, 1.82) is 0 Å². The number of ether oxygens (including phenoxy) is 1. The molecule has 4 aromatic rings. The number of hydrogen-bond acceptors (Lipinski definition) is 8. The van der Waals surface area contributed by atoms with Gasteiger partial charge in [-0.3, -0.25) is 19.7 Å². The minimum atomic E-state index is -0.935. The van der Waals surface area contributed by atoms with Gasteiger partial charge in [0.2, 0.25) is 0 Å². The zero-order chi connectivity index (χ0) is 31.5. The van der Waals surface area contributed by atoms with Crippen molar-refractivity contribution < 1.29 is 28.6 Å². The molecule has 0 unspecified atom stereocenters. The molecule has 14 heteroatoms. The maximum Gasteiger partial charge on any atom is 0.319 e. The highest BCUT2D eigenvalue weighted by molar-refractivity contribution is 7.22. The van der Waals surface area contributed by atoms with Gasteiger partial charge >= 0.3 is 18.0 Å². The third-order valence-corrected chi connectivity index (χ3v) is 8.65. The van der Waals surface area contributed by atoms with E-state index in [1.165, 1.54) is 23.5 Å². The molecule has 1 saturated carbocycles. The number of benzene rings is 1. The highest BCUT2D eigenvalue weighted by atomic mass is 32.1. The number of aliphatic carboxylic acids is 1. The average molecular weight is 634 g/mol. The molecule has 0 radical (unpaired) electrons. The van der Waals surface area contributed by atoms with Crippen molar-refractivity contribution in [3.63, 3.8) is 0 Å². The Morgan fingerprint density at radius 2 is 1.93 bits per heavy atom. The summed E-state index contributed by atoms with van der Waals surface area (Å²) < 4.78 is 21.6. The quantitative estimate of drug-likeness (QED) is 0.183. The van der Waals surface area contributed by atoms with Crippen LogP contribution in [0.15, 0.2) is 54.9 Å². The van der Waals surface area contributed by atoms with Gasteiger partial charge in [0, 0.05) is 68.5 Å². The number of anilines is 1. The highest BCUT2D eigenvalue weighted by Crippen LogP contribution is 2.39. The summed E-state index contributed by atoms with van der Waals surface area (Å²) in [6.45, 7) is 3.55. The van der Waals surface area contributed by atoms with Crippen molar-refractivity contribution >= 4 is 45.3 Å². The number of urea groups is 2. The summed E-state index contributed by atoms with van der Waals surface area (Å²) in [6.07, 6.45) is 5.22. The summed E-state index contributed by atoms with van der Waals surface area (Å²) in [5, 5.41) is 17.6. The van der Waals surface area contributed by atoms with E-state index in [9.17, 15) is 23.9 Å². The van der Waals surface area contributed by atoms with Crippen molar-refractivity contribution in [2.45, 2.75) is 38.4 Å². The number of nitrogens with zero attached hydrogens (tertiary/aromatic N) is 4. The molecule has 4 heterocycles. The van der Waals surface area contributed by atoms with Crippen LogP contribution in [0, 0.1) is 5.82 Å². The van der Waals surface area contributed by atoms with Crippen LogP contribution in [0.5, 0.6) is 11.5 Å². The Morgan fingerprint density at radius 1 is 1.11 bits per heavy atom. The number of fused-ring (bicyclic) bond motifs is 1. The number of amides is 4. The molecule has 234 valence electrons. The van der Waals surface area contributed by atoms with Crippen LogP contribution < -0.4 is 20.7 Å². The molecule has 1 saturated heterocycles. The summed E-state index contributed by atoms with van der Waals surface area (Å²) in [5.41, 5.74) is 2.54. The molecule has 2 aliphatic rings. The van der Waals surface area contributed by atoms with Gasteiger partial charge in [-0.2, -0.15) is 0 Å². The number of halogens is 1. The molecule has 0 bridgehead atoms. The zero-order valence-corrected chi connectivity index (χ0v) is 25.3. The van der Waals surface area contributed by atoms with Crippen molar-refractivity contribution in [2.75, 3.05) is 31.5 Å². The topological polar surface area (TPSA) is 149 Å². The lowest BCUT2D eigenvalue weighted by Crippen LogP contribution is -2.63. The molecule has 4 amide bonds. The number of carboxylic acids is 1. The van der Waals surface area contributed by atoms with E-state index >= 15 is 0 Å². The fourth-order valence-electron chi connectivity index (χ4n) is 4.98. The Kier molecular flexibility index (Phi) is 8.76. The van der Waals surface area contributed by atoms with Crippen molar-refractivity contribution in [3.8, 4) is 22.1 Å². The van der Waals surface area contributed by atoms with Gasteiger partial charge in [-0.15, -0.1) is 11.3 Å². The molecule has 6 rings (SSSR count). The Hall–Kier alpha value is -4.82. The van der Waals surface area contributed by atoms with Gasteiger partial charge in [-0.05, 0) is 49.6 Å². The number of carboxylic acid groups (broad SMARTS) is 1. The lowest BCUT2D eigenvalue weighted by Gasteiger charge is -2.44. The summed E-state index contributed by atoms with van der Waals surface area (Å²) >= 11 is 1.41. The van der Waals surface area contributed by atoms with Crippen LogP contribution in [0.2, 0.25) is 0 Å². The predicted molar refractivity (Wildman–Crippen MR) is 167 cm³/mol. The molecule has 0 atom stereocenters. The molecule has 45 heavy (non-hydrogen) atoms. The van der Waals surface area contributed by atoms with Gasteiger partial charge in [0.1, 0.15) is 5.75 Å². The highest BCUT2D eigenvalue weighted by Gasteiger charge is 2.35. The normalized spacial score (nSPS) is 14.7. The predicted octanol–water partition coefficient (Wildman–Crippen LogP) is 4.87. The number of hydrogen-bond donors (Lipinski definition) is 4. The number of carbonyl (C=O) groups excluding carboxylic acids is 2. The first-order chi connectivity index (χ1) is 21.7. The second kappa shape index (κ2) is 13.0. The Morgan fingerprint density at radius 3 is 2.62 bits per heavy atom. The summed E-state index contributed by atoms with van der Waals surface area (Å²) in [6, 6.07) is 11.2. The minimum Gasteiger partial charge on any atom is -0.480 e. The number of likely N-dealkylation sites (tertiary alicyclic amines) is 1. The van der Waals surface area contributed by atoms with E-state index in [2.05, 4.69) is 25.9 Å². The van der Waals surface area contributed by atoms with E-state index in [1.807, 2.05) is 30.0 Å². The smallest absolute Gasteiger partial charge is 0.319 e. The lowest BCUT2D eigenvalue weighted by molar-refractivity contribution is -0.139. The van der Waals surface area contributed by atoms with E-state index in [4.69, 9.17) is 4.74 Å². The van der Waals surface area contributed by atoms with Crippen LogP contribution in [0.1, 0.15) is 25.3 Å². The fourth-order valence-corrected chi connectivity index (χ4v) is 6.02. The van der Waals surface area contributed by atoms with Gasteiger partial charge in [-0.1, -0.05) is 6.07 Å². The summed E-state index contributed by atoms with van der Waals surface area (Å²) in [4.78, 5) is 49.0. The maximum atomic E-state index is 14.9. The Balaban J connectivity index is 1.12. The molecule has 3 aromatic heterocycles. The molecular weight excluding hydrogens is 601 g/mol. The third kappa shape index (κ3) is 7.29. The number of aromatic nitrogens is 2. The number of carbonyl (C=O) groups is 3. The van der Waals surface area contributed by atoms with Gasteiger partial charge in [-0.25, -0.2) is 14.0 Å². The van der Waals surface area contributed by atoms with E-state index in [0.717, 1.165) is 28.0 Å². The number of pyridine rings is 2. The van der Waals surface area contributed by atoms with Gasteiger partial charge in [0.25, 0.3) is 0 Å². The molecule has 1 aromatic carbocycles. The van der Waals surface area contributed by atoms with Gasteiger partial charge in [0.15, 0.2) is 11.6 Å². The van der Waals surface area contributed by atoms with Gasteiger partial charge in [0.05, 0.1) is 27.3 Å². The molecule has 2 fully saturated rings. The molecule has 0 spiro atoms. The lowest BCUT2D eigenvalue weighted by atomic mass is 10.1. The van der Waals surface area contributed by atoms with Crippen LogP contribution >= 0.6 is 11.3 Å². The fraction of sp³-hybridized carbons (Fsp3) is 0.323. The maximum absolute atomic E-state index is 14.9. The first kappa shape index (κ1) is 30.2. The van der Waals surface area contributed by atoms with Crippen LogP contribution in [-0.2, 0) is 11.3 Å². The van der Waals surface area contributed by atoms with E-state index in [0.29, 0.717) is 48.8 Å².